The molecular formula is C18H13B2ClN2OS. The van der Waals surface area contributed by atoms with Gasteiger partial charge in [0.2, 0.25) is 0 Å². The Balaban J connectivity index is 2.07. The van der Waals surface area contributed by atoms with E-state index in [1.54, 1.807) is 36.3 Å². The fourth-order valence-corrected chi connectivity index (χ4v) is 3.00. The minimum Gasteiger partial charge on any atom is -0.403 e. The number of aliphatic hydroxyl groups is 1. The van der Waals surface area contributed by atoms with E-state index in [0.717, 1.165) is 22.4 Å². The van der Waals surface area contributed by atoms with Gasteiger partial charge in [-0.15, -0.1) is 11.8 Å². The first kappa shape index (κ1) is 18.1. The van der Waals surface area contributed by atoms with E-state index >= 15 is 0 Å². The van der Waals surface area contributed by atoms with Crippen molar-refractivity contribution in [1.82, 2.24) is 9.97 Å². The van der Waals surface area contributed by atoms with Gasteiger partial charge in [-0.1, -0.05) is 23.7 Å². The van der Waals surface area contributed by atoms with E-state index in [9.17, 15) is 5.11 Å². The third-order valence-electron chi connectivity index (χ3n) is 3.70. The maximum atomic E-state index is 9.63. The first-order valence-electron chi connectivity index (χ1n) is 7.45. The second-order valence-electron chi connectivity index (χ2n) is 5.54. The Hall–Kier alpha value is -1.75. The lowest BCUT2D eigenvalue weighted by Gasteiger charge is -2.18. The molecule has 7 heteroatoms. The van der Waals surface area contributed by atoms with Crippen LogP contribution in [0.4, 0.5) is 0 Å². The lowest BCUT2D eigenvalue weighted by Crippen LogP contribution is -2.27. The molecule has 2 aromatic heterocycles. The summed E-state index contributed by atoms with van der Waals surface area (Å²) in [5, 5.41) is 8.21. The summed E-state index contributed by atoms with van der Waals surface area (Å²) in [6.07, 6.45) is 5.20. The molecular weight excluding hydrogens is 349 g/mol. The number of hydrogen-bond donors (Lipinski definition) is 1. The SMILES string of the molecule is [B]C([B])(O)c1ccc(-c2ncc(Cl)cc2-c2ccc(SC)cc2)cn1. The Bertz CT molecular complexity index is 881. The predicted molar refractivity (Wildman–Crippen MR) is 105 cm³/mol. The van der Waals surface area contributed by atoms with Crippen molar-refractivity contribution in [3.05, 3.63) is 65.6 Å². The number of nitrogens with zero attached hydrogens (tertiary/aromatic N) is 2. The van der Waals surface area contributed by atoms with Gasteiger partial charge in [-0.25, -0.2) is 0 Å². The van der Waals surface area contributed by atoms with Gasteiger partial charge in [-0.3, -0.25) is 9.97 Å². The molecule has 3 aromatic rings. The molecule has 0 atom stereocenters. The van der Waals surface area contributed by atoms with Crippen LogP contribution in [-0.2, 0) is 5.40 Å². The quantitative estimate of drug-likeness (QED) is 0.569. The third kappa shape index (κ3) is 4.09. The number of benzene rings is 1. The van der Waals surface area contributed by atoms with E-state index in [-0.39, 0.29) is 5.69 Å². The number of aromatic nitrogens is 2. The zero-order valence-corrected chi connectivity index (χ0v) is 15.1. The summed E-state index contributed by atoms with van der Waals surface area (Å²) in [6.45, 7) is 0. The van der Waals surface area contributed by atoms with E-state index < -0.39 is 5.40 Å². The van der Waals surface area contributed by atoms with Crippen LogP contribution in [0.25, 0.3) is 22.4 Å². The fraction of sp³-hybridized carbons (Fsp3) is 0.111. The molecule has 0 saturated carbocycles. The van der Waals surface area contributed by atoms with Crippen molar-refractivity contribution in [2.75, 3.05) is 6.26 Å². The highest BCUT2D eigenvalue weighted by molar-refractivity contribution is 7.98. The van der Waals surface area contributed by atoms with Crippen LogP contribution in [0, 0.1) is 0 Å². The van der Waals surface area contributed by atoms with Crippen LogP contribution in [0.5, 0.6) is 0 Å². The molecule has 25 heavy (non-hydrogen) atoms. The normalized spacial score (nSPS) is 11.5. The van der Waals surface area contributed by atoms with Crippen LogP contribution in [0.2, 0.25) is 5.02 Å². The molecule has 1 aromatic carbocycles. The van der Waals surface area contributed by atoms with E-state index in [1.165, 1.54) is 4.90 Å². The molecule has 0 unspecified atom stereocenters. The van der Waals surface area contributed by atoms with Crippen LogP contribution in [0.15, 0.2) is 59.8 Å². The molecule has 0 bridgehead atoms. The summed E-state index contributed by atoms with van der Waals surface area (Å²) in [5.41, 5.74) is 3.58. The molecule has 0 fully saturated rings. The van der Waals surface area contributed by atoms with Gasteiger partial charge in [-0.05, 0) is 42.2 Å². The first-order valence-corrected chi connectivity index (χ1v) is 9.06. The standard InChI is InChI=1S/C18H13B2ClN2OS/c1-25-14-5-2-11(3-6-14)15-8-13(21)10-23-17(15)12-4-7-16(22-9-12)18(19,20)24/h2-10,24H,1H3. The lowest BCUT2D eigenvalue weighted by molar-refractivity contribution is 0.212. The summed E-state index contributed by atoms with van der Waals surface area (Å²) in [7, 11) is 10.9. The highest BCUT2D eigenvalue weighted by atomic mass is 35.5. The highest BCUT2D eigenvalue weighted by Crippen LogP contribution is 2.33. The largest absolute Gasteiger partial charge is 0.403 e. The van der Waals surface area contributed by atoms with Crippen LogP contribution >= 0.6 is 23.4 Å². The Morgan fingerprint density at radius 1 is 1.00 bits per heavy atom. The zero-order valence-electron chi connectivity index (χ0n) is 13.5. The van der Waals surface area contributed by atoms with Crippen molar-refractivity contribution in [3.63, 3.8) is 0 Å². The minimum atomic E-state index is -1.97. The van der Waals surface area contributed by atoms with Crippen molar-refractivity contribution in [2.24, 2.45) is 0 Å². The smallest absolute Gasteiger partial charge is 0.108 e. The van der Waals surface area contributed by atoms with E-state index in [1.807, 2.05) is 24.5 Å². The van der Waals surface area contributed by atoms with Gasteiger partial charge >= 0.3 is 0 Å². The summed E-state index contributed by atoms with van der Waals surface area (Å²) in [6, 6.07) is 13.4. The molecule has 3 nitrogen and oxygen atoms in total. The summed E-state index contributed by atoms with van der Waals surface area (Å²) >= 11 is 7.83. The molecule has 1 N–H and O–H groups in total. The van der Waals surface area contributed by atoms with Gasteiger partial charge in [0.05, 0.1) is 16.4 Å². The van der Waals surface area contributed by atoms with Crippen LogP contribution in [0.3, 0.4) is 0 Å². The molecule has 3 rings (SSSR count). The first-order chi connectivity index (χ1) is 11.9. The van der Waals surface area contributed by atoms with E-state index in [4.69, 9.17) is 27.3 Å². The molecule has 120 valence electrons. The Morgan fingerprint density at radius 3 is 2.24 bits per heavy atom. The summed E-state index contributed by atoms with van der Waals surface area (Å²) in [5.74, 6) is 0. The summed E-state index contributed by atoms with van der Waals surface area (Å²) < 4.78 is 0. The molecule has 0 amide bonds. The van der Waals surface area contributed by atoms with Gasteiger partial charge < -0.3 is 5.11 Å². The van der Waals surface area contributed by atoms with E-state index in [2.05, 4.69) is 22.1 Å². The minimum absolute atomic E-state index is 0.177. The molecule has 0 spiro atoms. The monoisotopic (exact) mass is 362 g/mol. The van der Waals surface area contributed by atoms with Gasteiger partial charge in [0, 0.05) is 33.8 Å². The van der Waals surface area contributed by atoms with E-state index in [0.29, 0.717) is 5.02 Å². The Morgan fingerprint density at radius 2 is 1.68 bits per heavy atom. The molecule has 0 saturated heterocycles. The maximum Gasteiger partial charge on any atom is 0.108 e. The zero-order chi connectivity index (χ0) is 18.0. The van der Waals surface area contributed by atoms with Crippen molar-refractivity contribution in [2.45, 2.75) is 10.3 Å². The maximum absolute atomic E-state index is 9.63. The molecule has 0 aliphatic carbocycles. The Labute approximate surface area is 158 Å². The number of thioether (sulfide) groups is 1. The Kier molecular flexibility index (Phi) is 5.23. The second-order valence-corrected chi connectivity index (χ2v) is 6.85. The average molecular weight is 362 g/mol. The molecule has 0 aliphatic heterocycles. The van der Waals surface area contributed by atoms with Crippen molar-refractivity contribution >= 4 is 39.1 Å². The van der Waals surface area contributed by atoms with Gasteiger partial charge in [-0.2, -0.15) is 0 Å². The second kappa shape index (κ2) is 7.24. The number of halogens is 1. The third-order valence-corrected chi connectivity index (χ3v) is 4.65. The molecule has 2 heterocycles. The van der Waals surface area contributed by atoms with Gasteiger partial charge in [0.1, 0.15) is 15.7 Å². The van der Waals surface area contributed by atoms with Crippen LogP contribution < -0.4 is 0 Å². The number of rotatable bonds is 4. The summed E-state index contributed by atoms with van der Waals surface area (Å²) in [4.78, 5) is 9.77. The number of pyridine rings is 2. The number of hydrogen-bond acceptors (Lipinski definition) is 4. The lowest BCUT2D eigenvalue weighted by atomic mass is 9.63. The molecule has 4 radical (unpaired) electrons. The molecule has 0 aliphatic rings. The van der Waals surface area contributed by atoms with Crippen molar-refractivity contribution < 1.29 is 5.11 Å². The van der Waals surface area contributed by atoms with Gasteiger partial charge in [0.25, 0.3) is 0 Å². The fourth-order valence-electron chi connectivity index (χ4n) is 2.43. The van der Waals surface area contributed by atoms with Crippen LogP contribution in [0.1, 0.15) is 5.69 Å². The van der Waals surface area contributed by atoms with Crippen molar-refractivity contribution in [1.29, 1.82) is 0 Å². The average Bonchev–Trinajstić information content (AvgIpc) is 2.61. The topological polar surface area (TPSA) is 46.0 Å². The van der Waals surface area contributed by atoms with Crippen molar-refractivity contribution in [3.8, 4) is 22.4 Å². The van der Waals surface area contributed by atoms with Crippen LogP contribution in [-0.4, -0.2) is 37.0 Å². The van der Waals surface area contributed by atoms with Gasteiger partial charge in [0.15, 0.2) is 0 Å². The highest BCUT2D eigenvalue weighted by Gasteiger charge is 2.17. The predicted octanol–water partition coefficient (Wildman–Crippen LogP) is 3.63.